The fraction of sp³-hybridized carbons (Fsp3) is 0. The molecule has 1 aromatic carbocycles. The van der Waals surface area contributed by atoms with Crippen molar-refractivity contribution in [2.24, 2.45) is 5.73 Å². The van der Waals surface area contributed by atoms with Gasteiger partial charge in [-0.05, 0) is 23.9 Å². The van der Waals surface area contributed by atoms with Crippen LogP contribution in [0.3, 0.4) is 0 Å². The lowest BCUT2D eigenvalue weighted by molar-refractivity contribution is 1.20. The van der Waals surface area contributed by atoms with Crippen molar-refractivity contribution in [3.05, 3.63) is 36.4 Å². The van der Waals surface area contributed by atoms with Gasteiger partial charge < -0.3 is 5.73 Å². The van der Waals surface area contributed by atoms with Crippen LogP contribution in [0.15, 0.2) is 41.4 Å². The number of hydrogen-bond donors (Lipinski definition) is 2. The highest BCUT2D eigenvalue weighted by atomic mass is 32.2. The molecule has 0 aliphatic carbocycles. The predicted molar refractivity (Wildman–Crippen MR) is 59.5 cm³/mol. The number of nitrogens with one attached hydrogen (secondary N) is 1. The molecule has 70 valence electrons. The van der Waals surface area contributed by atoms with Crippen LogP contribution in [-0.2, 0) is 0 Å². The van der Waals surface area contributed by atoms with E-state index in [0.29, 0.717) is 0 Å². The number of aromatic nitrogens is 1. The molecule has 2 rings (SSSR count). The highest BCUT2D eigenvalue weighted by molar-refractivity contribution is 8.13. The van der Waals surface area contributed by atoms with Crippen molar-refractivity contribution in [1.82, 2.24) is 4.98 Å². The predicted octanol–water partition coefficient (Wildman–Crippen LogP) is 2.22. The Morgan fingerprint density at radius 2 is 2.00 bits per heavy atom. The van der Waals surface area contributed by atoms with Gasteiger partial charge in [0.2, 0.25) is 0 Å². The second-order valence-electron chi connectivity index (χ2n) is 2.81. The maximum Gasteiger partial charge on any atom is 0.157 e. The smallest absolute Gasteiger partial charge is 0.157 e. The van der Waals surface area contributed by atoms with Crippen molar-refractivity contribution < 1.29 is 0 Å². The number of pyridine rings is 1. The van der Waals surface area contributed by atoms with Crippen LogP contribution >= 0.6 is 11.8 Å². The van der Waals surface area contributed by atoms with Gasteiger partial charge in [-0.2, -0.15) is 0 Å². The molecule has 0 unspecified atom stereocenters. The van der Waals surface area contributed by atoms with Crippen LogP contribution in [0.2, 0.25) is 0 Å². The van der Waals surface area contributed by atoms with E-state index in [2.05, 4.69) is 4.98 Å². The number of nitrogens with two attached hydrogens (primary N) is 1. The average Bonchev–Trinajstić information content (AvgIpc) is 2.17. The van der Waals surface area contributed by atoms with Crippen LogP contribution in [-0.4, -0.2) is 10.2 Å². The van der Waals surface area contributed by atoms with Gasteiger partial charge in [-0.25, -0.2) is 4.98 Å². The van der Waals surface area contributed by atoms with E-state index in [9.17, 15) is 0 Å². The SMILES string of the molecule is N=C(N)Sc1ccc2ccccc2n1. The topological polar surface area (TPSA) is 62.8 Å². The molecule has 0 bridgehead atoms. The second kappa shape index (κ2) is 3.67. The number of amidine groups is 1. The van der Waals surface area contributed by atoms with E-state index >= 15 is 0 Å². The molecule has 0 aliphatic rings. The molecule has 1 heterocycles. The zero-order valence-electron chi connectivity index (χ0n) is 7.40. The maximum atomic E-state index is 7.14. The number of nitrogens with zero attached hydrogens (tertiary/aromatic N) is 1. The van der Waals surface area contributed by atoms with Gasteiger partial charge in [-0.3, -0.25) is 5.41 Å². The molecule has 0 amide bonds. The number of rotatable bonds is 1. The fourth-order valence-corrected chi connectivity index (χ4v) is 1.72. The monoisotopic (exact) mass is 203 g/mol. The van der Waals surface area contributed by atoms with Crippen molar-refractivity contribution in [2.45, 2.75) is 5.03 Å². The molecule has 14 heavy (non-hydrogen) atoms. The average molecular weight is 203 g/mol. The van der Waals surface area contributed by atoms with Gasteiger partial charge in [0, 0.05) is 5.39 Å². The van der Waals surface area contributed by atoms with E-state index in [4.69, 9.17) is 11.1 Å². The third-order valence-corrected chi connectivity index (χ3v) is 2.44. The van der Waals surface area contributed by atoms with E-state index in [1.807, 2.05) is 36.4 Å². The van der Waals surface area contributed by atoms with Crippen molar-refractivity contribution in [3.8, 4) is 0 Å². The first-order valence-corrected chi connectivity index (χ1v) is 4.95. The first-order valence-electron chi connectivity index (χ1n) is 4.13. The normalized spacial score (nSPS) is 10.3. The maximum absolute atomic E-state index is 7.14. The van der Waals surface area contributed by atoms with Gasteiger partial charge in [0.25, 0.3) is 0 Å². The fourth-order valence-electron chi connectivity index (χ4n) is 1.22. The van der Waals surface area contributed by atoms with Crippen LogP contribution < -0.4 is 5.73 Å². The van der Waals surface area contributed by atoms with E-state index in [0.717, 1.165) is 27.7 Å². The summed E-state index contributed by atoms with van der Waals surface area (Å²) in [6.45, 7) is 0. The number of benzene rings is 1. The third-order valence-electron chi connectivity index (χ3n) is 1.79. The quantitative estimate of drug-likeness (QED) is 0.424. The van der Waals surface area contributed by atoms with E-state index in [1.54, 1.807) is 0 Å². The Hall–Kier alpha value is -1.55. The number of fused-ring (bicyclic) bond motifs is 1. The Bertz CT molecular complexity index is 482. The summed E-state index contributed by atoms with van der Waals surface area (Å²) in [5, 5.41) is 9.06. The molecule has 0 saturated heterocycles. The van der Waals surface area contributed by atoms with Crippen molar-refractivity contribution in [2.75, 3.05) is 0 Å². The lowest BCUT2D eigenvalue weighted by Crippen LogP contribution is -2.03. The summed E-state index contributed by atoms with van der Waals surface area (Å²) < 4.78 is 0. The minimum atomic E-state index is 0.0628. The standard InChI is InChI=1S/C10H9N3S/c11-10(12)14-9-6-5-7-3-1-2-4-8(7)13-9/h1-6H,(H3,11,12). The zero-order valence-corrected chi connectivity index (χ0v) is 8.21. The molecule has 0 atom stereocenters. The van der Waals surface area contributed by atoms with Gasteiger partial charge in [-0.1, -0.05) is 24.3 Å². The summed E-state index contributed by atoms with van der Waals surface area (Å²) in [5.74, 6) is 0. The number of para-hydroxylation sites is 1. The molecule has 0 radical (unpaired) electrons. The van der Waals surface area contributed by atoms with Gasteiger partial charge >= 0.3 is 0 Å². The Morgan fingerprint density at radius 1 is 1.21 bits per heavy atom. The second-order valence-corrected chi connectivity index (χ2v) is 3.87. The lowest BCUT2D eigenvalue weighted by Gasteiger charge is -2.00. The molecule has 0 spiro atoms. The Morgan fingerprint density at radius 3 is 2.79 bits per heavy atom. The summed E-state index contributed by atoms with van der Waals surface area (Å²) >= 11 is 1.16. The van der Waals surface area contributed by atoms with Crippen molar-refractivity contribution in [1.29, 1.82) is 5.41 Å². The van der Waals surface area contributed by atoms with Crippen molar-refractivity contribution in [3.63, 3.8) is 0 Å². The Kier molecular flexibility index (Phi) is 2.37. The molecule has 3 N–H and O–H groups in total. The molecule has 0 fully saturated rings. The lowest BCUT2D eigenvalue weighted by atomic mass is 10.2. The molecular weight excluding hydrogens is 194 g/mol. The Labute approximate surface area is 85.8 Å². The summed E-state index contributed by atoms with van der Waals surface area (Å²) in [7, 11) is 0. The summed E-state index contributed by atoms with van der Waals surface area (Å²) in [4.78, 5) is 4.36. The molecule has 0 saturated carbocycles. The summed E-state index contributed by atoms with van der Waals surface area (Å²) in [5.41, 5.74) is 6.20. The Balaban J connectivity index is 2.46. The van der Waals surface area contributed by atoms with Crippen LogP contribution in [0.25, 0.3) is 10.9 Å². The first-order chi connectivity index (χ1) is 6.75. The van der Waals surface area contributed by atoms with Gasteiger partial charge in [-0.15, -0.1) is 0 Å². The van der Waals surface area contributed by atoms with E-state index < -0.39 is 0 Å². The van der Waals surface area contributed by atoms with Gasteiger partial charge in [0.05, 0.1) is 5.52 Å². The minimum absolute atomic E-state index is 0.0628. The van der Waals surface area contributed by atoms with Crippen molar-refractivity contribution >= 4 is 27.8 Å². The summed E-state index contributed by atoms with van der Waals surface area (Å²) in [6.07, 6.45) is 0. The largest absolute Gasteiger partial charge is 0.378 e. The van der Waals surface area contributed by atoms with E-state index in [-0.39, 0.29) is 5.17 Å². The number of hydrogen-bond acceptors (Lipinski definition) is 3. The van der Waals surface area contributed by atoms with E-state index in [1.165, 1.54) is 0 Å². The molecule has 2 aromatic rings. The molecular formula is C10H9N3S. The minimum Gasteiger partial charge on any atom is -0.378 e. The highest BCUT2D eigenvalue weighted by Gasteiger charge is 1.99. The molecule has 1 aromatic heterocycles. The van der Waals surface area contributed by atoms with Gasteiger partial charge in [0.1, 0.15) is 5.03 Å². The van der Waals surface area contributed by atoms with Crippen LogP contribution in [0.1, 0.15) is 0 Å². The highest BCUT2D eigenvalue weighted by Crippen LogP contribution is 2.18. The zero-order chi connectivity index (χ0) is 9.97. The third kappa shape index (κ3) is 1.85. The molecule has 3 nitrogen and oxygen atoms in total. The molecule has 0 aliphatic heterocycles. The van der Waals surface area contributed by atoms with Gasteiger partial charge in [0.15, 0.2) is 5.17 Å². The summed E-state index contributed by atoms with van der Waals surface area (Å²) in [6, 6.07) is 11.7. The molecule has 4 heteroatoms. The van der Waals surface area contributed by atoms with Crippen LogP contribution in [0, 0.1) is 5.41 Å². The number of thioether (sulfide) groups is 1. The van der Waals surface area contributed by atoms with Crippen LogP contribution in [0.4, 0.5) is 0 Å². The van der Waals surface area contributed by atoms with Crippen LogP contribution in [0.5, 0.6) is 0 Å². The first kappa shape index (κ1) is 9.02.